The highest BCUT2D eigenvalue weighted by atomic mass is 32.2. The van der Waals surface area contributed by atoms with Gasteiger partial charge in [0.25, 0.3) is 10.0 Å². The largest absolute Gasteiger partial charge is 0.356 e. The van der Waals surface area contributed by atoms with Crippen LogP contribution in [0.4, 0.5) is 5.82 Å². The molecule has 2 heterocycles. The van der Waals surface area contributed by atoms with Crippen LogP contribution in [0.5, 0.6) is 0 Å². The maximum atomic E-state index is 12.5. The molecule has 106 valence electrons. The Labute approximate surface area is 121 Å². The van der Waals surface area contributed by atoms with E-state index >= 15 is 0 Å². The van der Waals surface area contributed by atoms with Crippen LogP contribution >= 0.6 is 0 Å². The van der Waals surface area contributed by atoms with Crippen LogP contribution in [-0.2, 0) is 10.0 Å². The molecule has 7 heteroatoms. The van der Waals surface area contributed by atoms with Crippen molar-refractivity contribution in [2.24, 2.45) is 0 Å². The number of hydrogen-bond acceptors (Lipinski definition) is 5. The summed E-state index contributed by atoms with van der Waals surface area (Å²) in [5.74, 6) is 0.641. The molecule has 0 radical (unpaired) electrons. The van der Waals surface area contributed by atoms with Crippen molar-refractivity contribution in [3.05, 3.63) is 60.9 Å². The number of benzene rings is 1. The highest BCUT2D eigenvalue weighted by Crippen LogP contribution is 2.27. The van der Waals surface area contributed by atoms with Crippen LogP contribution in [0, 0.1) is 0 Å². The molecule has 2 aromatic heterocycles. The standard InChI is InChI=1S/C14H11N3O3S/c18-21(19,17-14-7-3-4-9-15-14)13-6-2-1-5-11(13)12-8-10-16-20-12/h1-10H,(H,15,17). The number of anilines is 1. The van der Waals surface area contributed by atoms with Crippen molar-refractivity contribution in [1.82, 2.24) is 10.1 Å². The van der Waals surface area contributed by atoms with Crippen molar-refractivity contribution in [3.63, 3.8) is 0 Å². The van der Waals surface area contributed by atoms with Gasteiger partial charge >= 0.3 is 0 Å². The molecule has 0 unspecified atom stereocenters. The van der Waals surface area contributed by atoms with Gasteiger partial charge in [0.2, 0.25) is 0 Å². The zero-order valence-corrected chi connectivity index (χ0v) is 11.6. The SMILES string of the molecule is O=S(=O)(Nc1ccccn1)c1ccccc1-c1ccno1. The number of nitrogens with one attached hydrogen (secondary N) is 1. The summed E-state index contributed by atoms with van der Waals surface area (Å²) in [4.78, 5) is 4.06. The lowest BCUT2D eigenvalue weighted by atomic mass is 10.2. The van der Waals surface area contributed by atoms with Gasteiger partial charge in [-0.15, -0.1) is 0 Å². The molecule has 0 bridgehead atoms. The zero-order valence-electron chi connectivity index (χ0n) is 10.8. The lowest BCUT2D eigenvalue weighted by Gasteiger charge is -2.10. The summed E-state index contributed by atoms with van der Waals surface area (Å²) in [5, 5.41) is 3.60. The highest BCUT2D eigenvalue weighted by molar-refractivity contribution is 7.92. The second kappa shape index (κ2) is 5.37. The maximum Gasteiger partial charge on any atom is 0.263 e. The molecular weight excluding hydrogens is 290 g/mol. The Bertz CT molecular complexity index is 831. The normalized spacial score (nSPS) is 11.2. The van der Waals surface area contributed by atoms with Gasteiger partial charge in [-0.1, -0.05) is 23.4 Å². The van der Waals surface area contributed by atoms with E-state index in [4.69, 9.17) is 4.52 Å². The molecule has 0 saturated heterocycles. The van der Waals surface area contributed by atoms with Crippen LogP contribution in [0.2, 0.25) is 0 Å². The van der Waals surface area contributed by atoms with Crippen molar-refractivity contribution < 1.29 is 12.9 Å². The Morgan fingerprint density at radius 3 is 2.48 bits per heavy atom. The van der Waals surface area contributed by atoms with Gasteiger partial charge in [-0.2, -0.15) is 0 Å². The number of pyridine rings is 1. The molecule has 1 aromatic carbocycles. The summed E-state index contributed by atoms with van der Waals surface area (Å²) in [6, 6.07) is 13.1. The minimum Gasteiger partial charge on any atom is -0.356 e. The van der Waals surface area contributed by atoms with E-state index in [0.29, 0.717) is 11.3 Å². The number of hydrogen-bond donors (Lipinski definition) is 1. The molecular formula is C14H11N3O3S. The van der Waals surface area contributed by atoms with Gasteiger partial charge in [-0.05, 0) is 24.3 Å². The van der Waals surface area contributed by atoms with E-state index in [1.54, 1.807) is 42.5 Å². The smallest absolute Gasteiger partial charge is 0.263 e. The van der Waals surface area contributed by atoms with Crippen molar-refractivity contribution in [2.75, 3.05) is 4.72 Å². The Hall–Kier alpha value is -2.67. The number of nitrogens with zero attached hydrogens (tertiary/aromatic N) is 2. The molecule has 6 nitrogen and oxygen atoms in total. The number of aromatic nitrogens is 2. The lowest BCUT2D eigenvalue weighted by molar-refractivity contribution is 0.431. The van der Waals surface area contributed by atoms with Gasteiger partial charge in [0, 0.05) is 17.8 Å². The number of rotatable bonds is 4. The van der Waals surface area contributed by atoms with Gasteiger partial charge in [0.15, 0.2) is 5.76 Å². The lowest BCUT2D eigenvalue weighted by Crippen LogP contribution is -2.14. The molecule has 0 amide bonds. The van der Waals surface area contributed by atoms with Crippen LogP contribution in [0.15, 0.2) is 70.3 Å². The molecule has 21 heavy (non-hydrogen) atoms. The fourth-order valence-electron chi connectivity index (χ4n) is 1.88. The maximum absolute atomic E-state index is 12.5. The van der Waals surface area contributed by atoms with E-state index in [-0.39, 0.29) is 10.7 Å². The van der Waals surface area contributed by atoms with Crippen LogP contribution in [0.3, 0.4) is 0 Å². The molecule has 1 N–H and O–H groups in total. The summed E-state index contributed by atoms with van der Waals surface area (Å²) in [6.45, 7) is 0. The second-order valence-electron chi connectivity index (χ2n) is 4.19. The summed E-state index contributed by atoms with van der Waals surface area (Å²) < 4.78 is 32.5. The average molecular weight is 301 g/mol. The van der Waals surface area contributed by atoms with Crippen molar-refractivity contribution in [1.29, 1.82) is 0 Å². The molecule has 0 aliphatic heterocycles. The van der Waals surface area contributed by atoms with Crippen LogP contribution in [0.25, 0.3) is 11.3 Å². The van der Waals surface area contributed by atoms with E-state index in [0.717, 1.165) is 0 Å². The van der Waals surface area contributed by atoms with E-state index in [2.05, 4.69) is 14.9 Å². The van der Waals surface area contributed by atoms with Crippen LogP contribution < -0.4 is 4.72 Å². The van der Waals surface area contributed by atoms with Crippen molar-refractivity contribution in [3.8, 4) is 11.3 Å². The third kappa shape index (κ3) is 2.77. The topological polar surface area (TPSA) is 85.1 Å². The molecule has 0 fully saturated rings. The molecule has 0 atom stereocenters. The third-order valence-electron chi connectivity index (χ3n) is 2.78. The predicted octanol–water partition coefficient (Wildman–Crippen LogP) is 2.54. The summed E-state index contributed by atoms with van der Waals surface area (Å²) in [7, 11) is -3.77. The summed E-state index contributed by atoms with van der Waals surface area (Å²) in [6.07, 6.45) is 2.98. The van der Waals surface area contributed by atoms with E-state index < -0.39 is 10.0 Å². The average Bonchev–Trinajstić information content (AvgIpc) is 3.02. The molecule has 0 aliphatic rings. The second-order valence-corrected chi connectivity index (χ2v) is 5.84. The minimum absolute atomic E-state index is 0.104. The first-order valence-electron chi connectivity index (χ1n) is 6.11. The molecule has 0 saturated carbocycles. The fourth-order valence-corrected chi connectivity index (χ4v) is 3.10. The van der Waals surface area contributed by atoms with Crippen LogP contribution in [0.1, 0.15) is 0 Å². The first kappa shape index (κ1) is 13.3. The third-order valence-corrected chi connectivity index (χ3v) is 4.20. The van der Waals surface area contributed by atoms with Gasteiger partial charge < -0.3 is 4.52 Å². The zero-order chi connectivity index (χ0) is 14.7. The fraction of sp³-hybridized carbons (Fsp3) is 0. The van der Waals surface area contributed by atoms with Gasteiger partial charge in [0.1, 0.15) is 5.82 Å². The summed E-state index contributed by atoms with van der Waals surface area (Å²) in [5.41, 5.74) is 0.443. The predicted molar refractivity (Wildman–Crippen MR) is 77.0 cm³/mol. The Balaban J connectivity index is 2.04. The minimum atomic E-state index is -3.77. The van der Waals surface area contributed by atoms with E-state index in [1.165, 1.54) is 18.5 Å². The quantitative estimate of drug-likeness (QED) is 0.800. The van der Waals surface area contributed by atoms with Crippen molar-refractivity contribution in [2.45, 2.75) is 4.90 Å². The van der Waals surface area contributed by atoms with E-state index in [9.17, 15) is 8.42 Å². The van der Waals surface area contributed by atoms with Gasteiger partial charge in [-0.3, -0.25) is 4.72 Å². The highest BCUT2D eigenvalue weighted by Gasteiger charge is 2.21. The van der Waals surface area contributed by atoms with Gasteiger partial charge in [-0.25, -0.2) is 13.4 Å². The molecule has 3 aromatic rings. The van der Waals surface area contributed by atoms with Crippen LogP contribution in [-0.4, -0.2) is 18.6 Å². The monoisotopic (exact) mass is 301 g/mol. The van der Waals surface area contributed by atoms with Gasteiger partial charge in [0.05, 0.1) is 11.1 Å². The van der Waals surface area contributed by atoms with Crippen molar-refractivity contribution >= 4 is 15.8 Å². The molecule has 0 spiro atoms. The van der Waals surface area contributed by atoms with E-state index in [1.807, 2.05) is 0 Å². The summed E-state index contributed by atoms with van der Waals surface area (Å²) >= 11 is 0. The molecule has 0 aliphatic carbocycles. The number of sulfonamides is 1. The Morgan fingerprint density at radius 2 is 1.76 bits per heavy atom. The first-order valence-corrected chi connectivity index (χ1v) is 7.59. The first-order chi connectivity index (χ1) is 10.2. The Kier molecular flexibility index (Phi) is 3.41. The Morgan fingerprint density at radius 1 is 0.952 bits per heavy atom. The molecule has 3 rings (SSSR count).